The molecule has 3 aromatic rings. The molecule has 0 atom stereocenters. The van der Waals surface area contributed by atoms with E-state index in [1.165, 1.54) is 35.5 Å². The molecule has 0 saturated carbocycles. The van der Waals surface area contributed by atoms with Crippen molar-refractivity contribution in [3.8, 4) is 0 Å². The Balaban J connectivity index is 1.86. The number of carbonyl (C=O) groups excluding carboxylic acids is 1. The minimum absolute atomic E-state index is 0.279. The summed E-state index contributed by atoms with van der Waals surface area (Å²) in [5.74, 6) is -0.298. The Morgan fingerprint density at radius 1 is 1.35 bits per heavy atom. The lowest BCUT2D eigenvalue weighted by molar-refractivity contribution is 0.102. The van der Waals surface area contributed by atoms with Crippen LogP contribution in [0.15, 0.2) is 36.8 Å². The van der Waals surface area contributed by atoms with Crippen molar-refractivity contribution in [3.63, 3.8) is 0 Å². The maximum atomic E-state index is 12.0. The van der Waals surface area contributed by atoms with E-state index in [2.05, 4.69) is 39.3 Å². The van der Waals surface area contributed by atoms with Gasteiger partial charge in [0.25, 0.3) is 5.91 Å². The van der Waals surface area contributed by atoms with Gasteiger partial charge in [-0.1, -0.05) is 24.3 Å². The van der Waals surface area contributed by atoms with Crippen LogP contribution >= 0.6 is 11.3 Å². The number of aromatic nitrogens is 3. The molecule has 2 aromatic heterocycles. The SMILES string of the molecule is CCc1ccc2nc(NC(=O)c3cnccn3)sc2c1. The minimum Gasteiger partial charge on any atom is -0.296 e. The van der Waals surface area contributed by atoms with E-state index in [4.69, 9.17) is 0 Å². The van der Waals surface area contributed by atoms with Crippen molar-refractivity contribution >= 4 is 32.6 Å². The van der Waals surface area contributed by atoms with E-state index in [1.54, 1.807) is 0 Å². The predicted octanol–water partition coefficient (Wildman–Crippen LogP) is 2.90. The number of nitrogens with zero attached hydrogens (tertiary/aromatic N) is 3. The Bertz CT molecular complexity index is 754. The molecule has 0 radical (unpaired) electrons. The summed E-state index contributed by atoms with van der Waals surface area (Å²) in [6.07, 6.45) is 5.43. The molecule has 0 aliphatic rings. The fourth-order valence-electron chi connectivity index (χ4n) is 1.82. The highest BCUT2D eigenvalue weighted by Gasteiger charge is 2.11. The van der Waals surface area contributed by atoms with Crippen LogP contribution in [0.3, 0.4) is 0 Å². The lowest BCUT2D eigenvalue weighted by Gasteiger charge is -1.98. The summed E-state index contributed by atoms with van der Waals surface area (Å²) in [4.78, 5) is 24.2. The molecule has 1 aromatic carbocycles. The number of fused-ring (bicyclic) bond motifs is 1. The molecule has 1 amide bonds. The van der Waals surface area contributed by atoms with E-state index in [-0.39, 0.29) is 11.6 Å². The van der Waals surface area contributed by atoms with Crippen molar-refractivity contribution in [1.82, 2.24) is 15.0 Å². The smallest absolute Gasteiger partial charge is 0.277 e. The summed E-state index contributed by atoms with van der Waals surface area (Å²) in [6.45, 7) is 2.11. The van der Waals surface area contributed by atoms with Gasteiger partial charge in [0, 0.05) is 12.4 Å². The topological polar surface area (TPSA) is 67.8 Å². The average Bonchev–Trinajstić information content (AvgIpc) is 2.89. The molecule has 0 saturated heterocycles. The lowest BCUT2D eigenvalue weighted by Crippen LogP contribution is -2.13. The van der Waals surface area contributed by atoms with Crippen LogP contribution in [0.5, 0.6) is 0 Å². The third-order valence-electron chi connectivity index (χ3n) is 2.88. The van der Waals surface area contributed by atoms with Gasteiger partial charge in [-0.25, -0.2) is 9.97 Å². The van der Waals surface area contributed by atoms with Gasteiger partial charge in [-0.15, -0.1) is 0 Å². The summed E-state index contributed by atoms with van der Waals surface area (Å²) >= 11 is 1.46. The molecule has 100 valence electrons. The van der Waals surface area contributed by atoms with Crippen molar-refractivity contribution in [1.29, 1.82) is 0 Å². The minimum atomic E-state index is -0.298. The highest BCUT2D eigenvalue weighted by Crippen LogP contribution is 2.27. The van der Waals surface area contributed by atoms with Crippen LogP contribution in [-0.2, 0) is 6.42 Å². The van der Waals surface area contributed by atoms with Gasteiger partial charge < -0.3 is 0 Å². The zero-order valence-corrected chi connectivity index (χ0v) is 11.6. The van der Waals surface area contributed by atoms with Crippen molar-refractivity contribution in [2.24, 2.45) is 0 Å². The first-order chi connectivity index (χ1) is 9.76. The van der Waals surface area contributed by atoms with Crippen molar-refractivity contribution in [2.75, 3.05) is 5.32 Å². The van der Waals surface area contributed by atoms with E-state index in [0.717, 1.165) is 16.6 Å². The maximum Gasteiger partial charge on any atom is 0.277 e. The Morgan fingerprint density at radius 2 is 2.25 bits per heavy atom. The van der Waals surface area contributed by atoms with Crippen LogP contribution in [-0.4, -0.2) is 20.9 Å². The normalized spacial score (nSPS) is 10.7. The van der Waals surface area contributed by atoms with E-state index < -0.39 is 0 Å². The first-order valence-electron chi connectivity index (χ1n) is 6.23. The molecular weight excluding hydrogens is 272 g/mol. The highest BCUT2D eigenvalue weighted by atomic mass is 32.1. The molecule has 0 unspecified atom stereocenters. The third kappa shape index (κ3) is 2.50. The van der Waals surface area contributed by atoms with Crippen molar-refractivity contribution in [3.05, 3.63) is 48.0 Å². The summed E-state index contributed by atoms with van der Waals surface area (Å²) in [5.41, 5.74) is 2.43. The zero-order valence-electron chi connectivity index (χ0n) is 10.8. The fraction of sp³-hybridized carbons (Fsp3) is 0.143. The van der Waals surface area contributed by atoms with Gasteiger partial charge in [0.15, 0.2) is 5.13 Å². The second-order valence-electron chi connectivity index (χ2n) is 4.22. The molecule has 1 N–H and O–H groups in total. The standard InChI is InChI=1S/C14H12N4OS/c1-2-9-3-4-10-12(7-9)20-14(17-10)18-13(19)11-8-15-5-6-16-11/h3-8H,2H2,1H3,(H,17,18,19). The number of hydrogen-bond acceptors (Lipinski definition) is 5. The highest BCUT2D eigenvalue weighted by molar-refractivity contribution is 7.22. The largest absolute Gasteiger partial charge is 0.296 e. The Hall–Kier alpha value is -2.34. The van der Waals surface area contributed by atoms with Crippen LogP contribution in [0, 0.1) is 0 Å². The van der Waals surface area contributed by atoms with Crippen LogP contribution in [0.25, 0.3) is 10.2 Å². The fourth-order valence-corrected chi connectivity index (χ4v) is 2.74. The van der Waals surface area contributed by atoms with Crippen LogP contribution < -0.4 is 5.32 Å². The molecule has 0 fully saturated rings. The van der Waals surface area contributed by atoms with Crippen molar-refractivity contribution in [2.45, 2.75) is 13.3 Å². The summed E-state index contributed by atoms with van der Waals surface area (Å²) in [6, 6.07) is 6.13. The van der Waals surface area contributed by atoms with E-state index in [1.807, 2.05) is 6.07 Å². The number of carbonyl (C=O) groups is 1. The van der Waals surface area contributed by atoms with Gasteiger partial charge in [0.05, 0.1) is 16.4 Å². The number of hydrogen-bond donors (Lipinski definition) is 1. The van der Waals surface area contributed by atoms with Crippen molar-refractivity contribution < 1.29 is 4.79 Å². The number of thiazole rings is 1. The summed E-state index contributed by atoms with van der Waals surface area (Å²) in [7, 11) is 0. The Morgan fingerprint density at radius 3 is 3.00 bits per heavy atom. The predicted molar refractivity (Wildman–Crippen MR) is 79.0 cm³/mol. The number of benzene rings is 1. The van der Waals surface area contributed by atoms with Crippen LogP contribution in [0.2, 0.25) is 0 Å². The number of anilines is 1. The van der Waals surface area contributed by atoms with E-state index in [9.17, 15) is 4.79 Å². The molecule has 0 spiro atoms. The van der Waals surface area contributed by atoms with E-state index in [0.29, 0.717) is 5.13 Å². The van der Waals surface area contributed by atoms with Gasteiger partial charge in [-0.3, -0.25) is 15.1 Å². The van der Waals surface area contributed by atoms with Gasteiger partial charge in [-0.2, -0.15) is 0 Å². The second kappa shape index (κ2) is 5.34. The summed E-state index contributed by atoms with van der Waals surface area (Å²) < 4.78 is 1.07. The average molecular weight is 284 g/mol. The van der Waals surface area contributed by atoms with Crippen LogP contribution in [0.1, 0.15) is 23.0 Å². The van der Waals surface area contributed by atoms with Gasteiger partial charge in [0.2, 0.25) is 0 Å². The quantitative estimate of drug-likeness (QED) is 0.803. The van der Waals surface area contributed by atoms with Gasteiger partial charge >= 0.3 is 0 Å². The van der Waals surface area contributed by atoms with Crippen LogP contribution in [0.4, 0.5) is 5.13 Å². The van der Waals surface area contributed by atoms with Gasteiger partial charge in [0.1, 0.15) is 5.69 Å². The maximum absolute atomic E-state index is 12.0. The first kappa shape index (κ1) is 12.7. The molecule has 20 heavy (non-hydrogen) atoms. The lowest BCUT2D eigenvalue weighted by atomic mass is 10.2. The third-order valence-corrected chi connectivity index (χ3v) is 3.81. The zero-order chi connectivity index (χ0) is 13.9. The molecule has 0 aliphatic carbocycles. The molecular formula is C14H12N4OS. The Labute approximate surface area is 119 Å². The molecule has 3 rings (SSSR count). The number of nitrogens with one attached hydrogen (secondary N) is 1. The van der Waals surface area contributed by atoms with E-state index >= 15 is 0 Å². The number of aryl methyl sites for hydroxylation is 1. The molecule has 6 heteroatoms. The molecule has 5 nitrogen and oxygen atoms in total. The first-order valence-corrected chi connectivity index (χ1v) is 7.04. The van der Waals surface area contributed by atoms with Gasteiger partial charge in [-0.05, 0) is 24.1 Å². The molecule has 0 aliphatic heterocycles. The Kier molecular flexibility index (Phi) is 3.39. The summed E-state index contributed by atoms with van der Waals surface area (Å²) in [5, 5.41) is 3.32. The molecule has 0 bridgehead atoms. The molecule has 2 heterocycles. The number of rotatable bonds is 3. The second-order valence-corrected chi connectivity index (χ2v) is 5.25. The number of amides is 1. The monoisotopic (exact) mass is 284 g/mol.